The molecule has 0 atom stereocenters. The number of rotatable bonds is 7. The second-order valence-electron chi connectivity index (χ2n) is 15.9. The van der Waals surface area contributed by atoms with Gasteiger partial charge in [-0.3, -0.25) is 0 Å². The Morgan fingerprint density at radius 3 is 1.42 bits per heavy atom. The quantitative estimate of drug-likeness (QED) is 0.161. The average molecular weight is 791 g/mol. The van der Waals surface area contributed by atoms with Crippen LogP contribution in [0, 0.1) is 0 Å². The fraction of sp³-hybridized carbons (Fsp3) is 0.0172. The Balaban J connectivity index is 1.15. The summed E-state index contributed by atoms with van der Waals surface area (Å²) in [6, 6.07) is 77.7. The third-order valence-electron chi connectivity index (χ3n) is 12.3. The maximum absolute atomic E-state index is 5.30. The van der Waals surface area contributed by atoms with Crippen molar-refractivity contribution in [2.24, 2.45) is 0 Å². The van der Waals surface area contributed by atoms with Gasteiger partial charge in [-0.25, -0.2) is 15.0 Å². The van der Waals surface area contributed by atoms with Gasteiger partial charge < -0.3 is 4.57 Å². The fourth-order valence-electron chi connectivity index (χ4n) is 9.39. The molecule has 0 saturated heterocycles. The van der Waals surface area contributed by atoms with E-state index in [-0.39, 0.29) is 0 Å². The summed E-state index contributed by atoms with van der Waals surface area (Å²) in [4.78, 5) is 15.7. The molecule has 9 aromatic carbocycles. The number of hydrogen-bond donors (Lipinski definition) is 0. The molecule has 0 unspecified atom stereocenters. The van der Waals surface area contributed by atoms with Crippen molar-refractivity contribution in [1.82, 2.24) is 19.5 Å². The van der Waals surface area contributed by atoms with Crippen molar-refractivity contribution < 1.29 is 0 Å². The number of aromatic nitrogens is 4. The molecule has 12 rings (SSSR count). The van der Waals surface area contributed by atoms with Crippen LogP contribution in [0.1, 0.15) is 11.1 Å². The average Bonchev–Trinajstić information content (AvgIpc) is 3.91. The fourth-order valence-corrected chi connectivity index (χ4v) is 9.39. The van der Waals surface area contributed by atoms with Gasteiger partial charge in [0, 0.05) is 45.0 Å². The molecule has 11 aromatic rings. The van der Waals surface area contributed by atoms with Gasteiger partial charge in [0.2, 0.25) is 0 Å². The summed E-state index contributed by atoms with van der Waals surface area (Å²) in [6.45, 7) is 0. The minimum absolute atomic E-state index is 0.612. The molecule has 0 spiro atoms. The molecule has 4 nitrogen and oxygen atoms in total. The highest BCUT2D eigenvalue weighted by Crippen LogP contribution is 2.48. The standard InChI is InChI=1S/C58H38N4/c1-5-17-38(18-6-1)39-29-31-43(32-30-39)57-59-56(42-23-11-4-12-24-42)60-58(61-57)45-36-50(40-19-7-2-8-20-40)55(51(37-45)41-21-9-3-10-22-41)62-53-28-16-15-27-48(53)49-34-33-47-46-26-14-13-25-44(46)35-52(47)54(49)62/h1-34,36-37H,35H2. The van der Waals surface area contributed by atoms with Gasteiger partial charge in [0.15, 0.2) is 17.5 Å². The van der Waals surface area contributed by atoms with Gasteiger partial charge in [-0.2, -0.15) is 0 Å². The first-order valence-electron chi connectivity index (χ1n) is 21.2. The van der Waals surface area contributed by atoms with E-state index in [1.807, 2.05) is 24.3 Å². The van der Waals surface area contributed by atoms with Crippen LogP contribution in [-0.4, -0.2) is 19.5 Å². The number of benzene rings is 9. The zero-order valence-electron chi connectivity index (χ0n) is 33.8. The summed E-state index contributed by atoms with van der Waals surface area (Å²) in [6.07, 6.45) is 0.876. The number of nitrogens with zero attached hydrogens (tertiary/aromatic N) is 4. The lowest BCUT2D eigenvalue weighted by Gasteiger charge is -2.22. The molecule has 0 amide bonds. The van der Waals surface area contributed by atoms with Crippen LogP contribution >= 0.6 is 0 Å². The van der Waals surface area contributed by atoms with Crippen molar-refractivity contribution in [3.63, 3.8) is 0 Å². The number of fused-ring (bicyclic) bond motifs is 7. The molecule has 0 fully saturated rings. The Labute approximate surface area is 360 Å². The zero-order valence-corrected chi connectivity index (χ0v) is 33.8. The lowest BCUT2D eigenvalue weighted by molar-refractivity contribution is 1.07. The minimum atomic E-state index is 0.612. The molecule has 290 valence electrons. The smallest absolute Gasteiger partial charge is 0.164 e. The number of para-hydroxylation sites is 1. The van der Waals surface area contributed by atoms with E-state index in [1.165, 1.54) is 49.6 Å². The van der Waals surface area contributed by atoms with Crippen molar-refractivity contribution in [1.29, 1.82) is 0 Å². The Kier molecular flexibility index (Phi) is 8.53. The molecule has 62 heavy (non-hydrogen) atoms. The molecule has 0 radical (unpaired) electrons. The number of hydrogen-bond acceptors (Lipinski definition) is 3. The van der Waals surface area contributed by atoms with Crippen LogP contribution in [0.25, 0.3) is 106 Å². The van der Waals surface area contributed by atoms with Crippen LogP contribution in [0.15, 0.2) is 218 Å². The second kappa shape index (κ2) is 14.8. The Morgan fingerprint density at radius 2 is 0.790 bits per heavy atom. The van der Waals surface area contributed by atoms with E-state index in [0.29, 0.717) is 17.5 Å². The van der Waals surface area contributed by atoms with E-state index in [0.717, 1.165) is 56.6 Å². The van der Waals surface area contributed by atoms with Gasteiger partial charge in [-0.05, 0) is 62.7 Å². The molecule has 1 aliphatic carbocycles. The minimum Gasteiger partial charge on any atom is -0.308 e. The van der Waals surface area contributed by atoms with Crippen LogP contribution in [0.5, 0.6) is 0 Å². The topological polar surface area (TPSA) is 43.6 Å². The highest BCUT2D eigenvalue weighted by molar-refractivity contribution is 6.13. The van der Waals surface area contributed by atoms with Crippen molar-refractivity contribution in [2.75, 3.05) is 0 Å². The highest BCUT2D eigenvalue weighted by atomic mass is 15.0. The van der Waals surface area contributed by atoms with E-state index in [2.05, 4.69) is 199 Å². The van der Waals surface area contributed by atoms with E-state index >= 15 is 0 Å². The van der Waals surface area contributed by atoms with Crippen LogP contribution in [-0.2, 0) is 6.42 Å². The van der Waals surface area contributed by atoms with Crippen molar-refractivity contribution >= 4 is 21.8 Å². The predicted molar refractivity (Wildman–Crippen MR) is 255 cm³/mol. The summed E-state index contributed by atoms with van der Waals surface area (Å²) in [5.41, 5.74) is 18.3. The maximum Gasteiger partial charge on any atom is 0.164 e. The van der Waals surface area contributed by atoms with Crippen molar-refractivity contribution in [2.45, 2.75) is 6.42 Å². The molecule has 1 aliphatic rings. The molecular weight excluding hydrogens is 753 g/mol. The lowest BCUT2D eigenvalue weighted by Crippen LogP contribution is -2.05. The SMILES string of the molecule is c1ccc(-c2ccc(-c3nc(-c4ccccc4)nc(-c4cc(-c5ccccc5)c(-n5c6ccccc6c6ccc7c(c65)Cc5ccccc5-7)c(-c5ccccc5)c4)n3)cc2)cc1. The van der Waals surface area contributed by atoms with Gasteiger partial charge >= 0.3 is 0 Å². The Bertz CT molecular complexity index is 3390. The van der Waals surface area contributed by atoms with Gasteiger partial charge in [0.1, 0.15) is 0 Å². The second-order valence-corrected chi connectivity index (χ2v) is 15.9. The third-order valence-corrected chi connectivity index (χ3v) is 12.3. The molecule has 0 aliphatic heterocycles. The molecule has 0 N–H and O–H groups in total. The Morgan fingerprint density at radius 1 is 0.323 bits per heavy atom. The first kappa shape index (κ1) is 35.7. The normalized spacial score (nSPS) is 11.8. The monoisotopic (exact) mass is 790 g/mol. The van der Waals surface area contributed by atoms with Crippen LogP contribution < -0.4 is 0 Å². The largest absolute Gasteiger partial charge is 0.308 e. The van der Waals surface area contributed by atoms with Gasteiger partial charge in [0.25, 0.3) is 0 Å². The van der Waals surface area contributed by atoms with Crippen molar-refractivity contribution in [3.8, 4) is 84.4 Å². The molecule has 0 saturated carbocycles. The van der Waals surface area contributed by atoms with Gasteiger partial charge in [-0.1, -0.05) is 200 Å². The van der Waals surface area contributed by atoms with E-state index in [1.54, 1.807) is 0 Å². The summed E-state index contributed by atoms with van der Waals surface area (Å²) >= 11 is 0. The summed E-state index contributed by atoms with van der Waals surface area (Å²) in [7, 11) is 0. The van der Waals surface area contributed by atoms with Crippen molar-refractivity contribution in [3.05, 3.63) is 230 Å². The van der Waals surface area contributed by atoms with E-state index in [9.17, 15) is 0 Å². The van der Waals surface area contributed by atoms with Crippen LogP contribution in [0.3, 0.4) is 0 Å². The van der Waals surface area contributed by atoms with E-state index < -0.39 is 0 Å². The highest BCUT2D eigenvalue weighted by Gasteiger charge is 2.28. The first-order chi connectivity index (χ1) is 30.7. The molecule has 0 bridgehead atoms. The summed E-state index contributed by atoms with van der Waals surface area (Å²) in [5.74, 6) is 1.86. The zero-order chi connectivity index (χ0) is 41.0. The summed E-state index contributed by atoms with van der Waals surface area (Å²) in [5, 5.41) is 2.48. The lowest BCUT2D eigenvalue weighted by atomic mass is 9.92. The molecule has 2 aromatic heterocycles. The molecular formula is C58H38N4. The van der Waals surface area contributed by atoms with Gasteiger partial charge in [-0.15, -0.1) is 0 Å². The predicted octanol–water partition coefficient (Wildman–Crippen LogP) is 14.5. The first-order valence-corrected chi connectivity index (χ1v) is 21.2. The summed E-state index contributed by atoms with van der Waals surface area (Å²) < 4.78 is 2.55. The maximum atomic E-state index is 5.30. The molecule has 2 heterocycles. The van der Waals surface area contributed by atoms with Crippen LogP contribution in [0.2, 0.25) is 0 Å². The Hall–Kier alpha value is -8.21. The van der Waals surface area contributed by atoms with Crippen LogP contribution in [0.4, 0.5) is 0 Å². The third kappa shape index (κ3) is 6.03. The molecule has 4 heteroatoms. The van der Waals surface area contributed by atoms with E-state index in [4.69, 9.17) is 15.0 Å². The van der Waals surface area contributed by atoms with Gasteiger partial charge in [0.05, 0.1) is 16.7 Å².